The number of nitrogens with one attached hydrogen (secondary N) is 2. The summed E-state index contributed by atoms with van der Waals surface area (Å²) in [4.78, 5) is 44.8. The van der Waals surface area contributed by atoms with E-state index in [0.29, 0.717) is 64.2 Å². The number of morpholine rings is 1. The predicted molar refractivity (Wildman–Crippen MR) is 136 cm³/mol. The number of para-hydroxylation sites is 1. The molecule has 3 N–H and O–H groups in total. The van der Waals surface area contributed by atoms with Gasteiger partial charge in [0, 0.05) is 45.0 Å². The number of rotatable bonds is 11. The lowest BCUT2D eigenvalue weighted by molar-refractivity contribution is -0.141. The maximum atomic E-state index is 13.9. The first-order valence-corrected chi connectivity index (χ1v) is 13.6. The van der Waals surface area contributed by atoms with E-state index in [0.717, 1.165) is 19.5 Å². The number of anilines is 1. The molecule has 1 aromatic carbocycles. The number of aliphatic hydroxyl groups is 1. The monoisotopic (exact) mass is 514 g/mol. The van der Waals surface area contributed by atoms with Gasteiger partial charge in [0.25, 0.3) is 0 Å². The zero-order valence-electron chi connectivity index (χ0n) is 21.3. The molecule has 4 fully saturated rings. The van der Waals surface area contributed by atoms with Crippen LogP contribution < -0.4 is 10.6 Å². The average molecular weight is 515 g/mol. The van der Waals surface area contributed by atoms with Crippen LogP contribution in [-0.4, -0.2) is 103 Å². The van der Waals surface area contributed by atoms with Gasteiger partial charge in [0.15, 0.2) is 0 Å². The van der Waals surface area contributed by atoms with Crippen molar-refractivity contribution < 1.29 is 29.0 Å². The fraction of sp³-hybridized carbons (Fsp3) is 0.667. The molecule has 10 nitrogen and oxygen atoms in total. The number of unbranched alkanes of at least 4 members (excludes halogenated alkanes) is 2. The number of likely N-dealkylation sites (tertiary alicyclic amines) is 1. The van der Waals surface area contributed by atoms with E-state index >= 15 is 0 Å². The van der Waals surface area contributed by atoms with Gasteiger partial charge in [0.1, 0.15) is 11.6 Å². The van der Waals surface area contributed by atoms with E-state index in [-0.39, 0.29) is 30.4 Å². The summed E-state index contributed by atoms with van der Waals surface area (Å²) in [7, 11) is 0. The Kier molecular flexibility index (Phi) is 8.09. The van der Waals surface area contributed by atoms with Crippen molar-refractivity contribution in [2.75, 3.05) is 57.9 Å². The normalized spacial score (nSPS) is 30.9. The molecule has 10 heteroatoms. The first kappa shape index (κ1) is 26.1. The van der Waals surface area contributed by atoms with Crippen LogP contribution in [0.3, 0.4) is 0 Å². The fourth-order valence-corrected chi connectivity index (χ4v) is 6.57. The average Bonchev–Trinajstić information content (AvgIpc) is 3.55. The van der Waals surface area contributed by atoms with E-state index < -0.39 is 23.5 Å². The van der Waals surface area contributed by atoms with Crippen LogP contribution in [0.15, 0.2) is 30.3 Å². The predicted octanol–water partition coefficient (Wildman–Crippen LogP) is 0.611. The molecule has 37 heavy (non-hydrogen) atoms. The summed E-state index contributed by atoms with van der Waals surface area (Å²) < 4.78 is 11.9. The van der Waals surface area contributed by atoms with Crippen LogP contribution in [0, 0.1) is 11.8 Å². The lowest BCUT2D eigenvalue weighted by atomic mass is 9.70. The number of hydrogen-bond acceptors (Lipinski definition) is 7. The Morgan fingerprint density at radius 3 is 2.59 bits per heavy atom. The SMILES string of the molecule is O=C(NCCN1CCOCC1)C1N(CCCCCO)C(=O)[C@@H]2[C@@H](C(=O)Nc3ccccc3)[C@H]3CCC12O3. The van der Waals surface area contributed by atoms with Gasteiger partial charge in [-0.25, -0.2) is 0 Å². The lowest BCUT2D eigenvalue weighted by Gasteiger charge is -2.34. The molecule has 0 aromatic heterocycles. The number of aliphatic hydroxyl groups excluding tert-OH is 1. The van der Waals surface area contributed by atoms with Crippen LogP contribution in [0.25, 0.3) is 0 Å². The van der Waals surface area contributed by atoms with Gasteiger partial charge in [-0.05, 0) is 44.2 Å². The molecule has 4 aliphatic rings. The molecule has 4 heterocycles. The summed E-state index contributed by atoms with van der Waals surface area (Å²) in [5, 5.41) is 15.2. The summed E-state index contributed by atoms with van der Waals surface area (Å²) in [5.41, 5.74) is -0.312. The third-order valence-corrected chi connectivity index (χ3v) is 8.28. The Morgan fingerprint density at radius 2 is 1.84 bits per heavy atom. The molecule has 202 valence electrons. The highest BCUT2D eigenvalue weighted by molar-refractivity contribution is 6.01. The zero-order chi connectivity index (χ0) is 25.8. The molecular weight excluding hydrogens is 476 g/mol. The van der Waals surface area contributed by atoms with Gasteiger partial charge in [-0.2, -0.15) is 0 Å². The molecule has 5 atom stereocenters. The molecular formula is C27H38N4O6. The summed E-state index contributed by atoms with van der Waals surface area (Å²) in [6.07, 6.45) is 2.93. The molecule has 2 bridgehead atoms. The van der Waals surface area contributed by atoms with Crippen LogP contribution >= 0.6 is 0 Å². The van der Waals surface area contributed by atoms with Crippen LogP contribution in [0.2, 0.25) is 0 Å². The van der Waals surface area contributed by atoms with Gasteiger partial charge in [0.05, 0.1) is 31.2 Å². The van der Waals surface area contributed by atoms with Crippen molar-refractivity contribution in [1.82, 2.24) is 15.1 Å². The van der Waals surface area contributed by atoms with Crippen molar-refractivity contribution in [3.8, 4) is 0 Å². The minimum atomic E-state index is -0.986. The van der Waals surface area contributed by atoms with Gasteiger partial charge in [-0.3, -0.25) is 19.3 Å². The number of benzene rings is 1. The molecule has 2 unspecified atom stereocenters. The van der Waals surface area contributed by atoms with Crippen molar-refractivity contribution >= 4 is 23.4 Å². The Hall–Kier alpha value is -2.53. The third-order valence-electron chi connectivity index (χ3n) is 8.28. The van der Waals surface area contributed by atoms with Gasteiger partial charge in [-0.15, -0.1) is 0 Å². The van der Waals surface area contributed by atoms with Crippen LogP contribution in [0.4, 0.5) is 5.69 Å². The quantitative estimate of drug-likeness (QED) is 0.370. The molecule has 4 aliphatic heterocycles. The number of nitrogens with zero attached hydrogens (tertiary/aromatic N) is 2. The summed E-state index contributed by atoms with van der Waals surface area (Å²) in [6.45, 7) is 4.75. The minimum Gasteiger partial charge on any atom is -0.396 e. The van der Waals surface area contributed by atoms with Gasteiger partial charge < -0.3 is 30.1 Å². The Labute approximate surface area is 217 Å². The van der Waals surface area contributed by atoms with E-state index in [9.17, 15) is 14.4 Å². The van der Waals surface area contributed by atoms with E-state index in [4.69, 9.17) is 14.6 Å². The molecule has 1 aromatic rings. The summed E-state index contributed by atoms with van der Waals surface area (Å²) >= 11 is 0. The molecule has 0 aliphatic carbocycles. The molecule has 4 saturated heterocycles. The molecule has 3 amide bonds. The molecule has 5 rings (SSSR count). The summed E-state index contributed by atoms with van der Waals surface area (Å²) in [6, 6.07) is 8.44. The lowest BCUT2D eigenvalue weighted by Crippen LogP contribution is -2.56. The number of fused-ring (bicyclic) bond motifs is 1. The van der Waals surface area contributed by atoms with Crippen LogP contribution in [-0.2, 0) is 23.9 Å². The van der Waals surface area contributed by atoms with Crippen LogP contribution in [0.1, 0.15) is 32.1 Å². The second kappa shape index (κ2) is 11.5. The zero-order valence-corrected chi connectivity index (χ0v) is 21.3. The third kappa shape index (κ3) is 5.12. The number of amides is 3. The van der Waals surface area contributed by atoms with E-state index in [2.05, 4.69) is 15.5 Å². The Balaban J connectivity index is 1.33. The minimum absolute atomic E-state index is 0.0957. The second-order valence-corrected chi connectivity index (χ2v) is 10.5. The number of ether oxygens (including phenoxy) is 2. The van der Waals surface area contributed by atoms with Crippen molar-refractivity contribution in [2.24, 2.45) is 11.8 Å². The van der Waals surface area contributed by atoms with Crippen molar-refractivity contribution in [3.05, 3.63) is 30.3 Å². The highest BCUT2D eigenvalue weighted by Crippen LogP contribution is 2.58. The first-order valence-electron chi connectivity index (χ1n) is 13.6. The topological polar surface area (TPSA) is 120 Å². The standard InChI is InChI=1S/C27H38N4O6/c32-16-6-2-5-12-31-23(25(34)28-11-13-30-14-17-36-18-15-30)27-10-9-20(37-27)21(22(27)26(31)35)24(33)29-19-7-3-1-4-8-19/h1,3-4,7-8,20-23,32H,2,5-6,9-18H2,(H,28,34)(H,29,33)/t20-,21+,22+,23?,27?/m1/s1. The maximum absolute atomic E-state index is 13.9. The van der Waals surface area contributed by atoms with E-state index in [1.807, 2.05) is 30.3 Å². The first-order chi connectivity index (χ1) is 18.0. The largest absolute Gasteiger partial charge is 0.396 e. The fourth-order valence-electron chi connectivity index (χ4n) is 6.57. The second-order valence-electron chi connectivity index (χ2n) is 10.5. The van der Waals surface area contributed by atoms with E-state index in [1.54, 1.807) is 4.90 Å². The molecule has 1 spiro atoms. The van der Waals surface area contributed by atoms with Gasteiger partial charge in [-0.1, -0.05) is 18.2 Å². The number of hydrogen-bond donors (Lipinski definition) is 3. The number of carbonyl (C=O) groups excluding carboxylic acids is 3. The number of carbonyl (C=O) groups is 3. The van der Waals surface area contributed by atoms with E-state index in [1.165, 1.54) is 0 Å². The van der Waals surface area contributed by atoms with Crippen LogP contribution in [0.5, 0.6) is 0 Å². The highest BCUT2D eigenvalue weighted by Gasteiger charge is 2.74. The molecule has 0 radical (unpaired) electrons. The maximum Gasteiger partial charge on any atom is 0.245 e. The summed E-state index contributed by atoms with van der Waals surface area (Å²) in [5.74, 6) is -1.93. The Morgan fingerprint density at radius 1 is 1.05 bits per heavy atom. The van der Waals surface area contributed by atoms with Gasteiger partial charge in [0.2, 0.25) is 17.7 Å². The smallest absolute Gasteiger partial charge is 0.245 e. The van der Waals surface area contributed by atoms with Crippen molar-refractivity contribution in [2.45, 2.75) is 49.9 Å². The molecule has 0 saturated carbocycles. The van der Waals surface area contributed by atoms with Crippen molar-refractivity contribution in [3.63, 3.8) is 0 Å². The van der Waals surface area contributed by atoms with Crippen molar-refractivity contribution in [1.29, 1.82) is 0 Å². The highest BCUT2D eigenvalue weighted by atomic mass is 16.5. The Bertz CT molecular complexity index is 971. The van der Waals surface area contributed by atoms with Gasteiger partial charge >= 0.3 is 0 Å².